The number of hydrogen-bond donors (Lipinski definition) is 1. The van der Waals surface area contributed by atoms with Crippen molar-refractivity contribution in [1.29, 1.82) is 0 Å². The Morgan fingerprint density at radius 2 is 1.78 bits per heavy atom. The van der Waals surface area contributed by atoms with Gasteiger partial charge in [-0.2, -0.15) is 0 Å². The molecule has 3 atom stereocenters. The first-order chi connectivity index (χ1) is 8.59. The zero-order valence-corrected chi connectivity index (χ0v) is 11.1. The molecule has 1 aliphatic heterocycles. The van der Waals surface area contributed by atoms with Crippen LogP contribution in [-0.4, -0.2) is 34.5 Å². The summed E-state index contributed by atoms with van der Waals surface area (Å²) in [6.07, 6.45) is 6.53. The maximum absolute atomic E-state index is 12.5. The Balaban J connectivity index is 1.96. The maximum atomic E-state index is 12.5. The van der Waals surface area contributed by atoms with Crippen molar-refractivity contribution in [3.63, 3.8) is 0 Å². The van der Waals surface area contributed by atoms with E-state index in [0.29, 0.717) is 18.9 Å². The molecule has 1 unspecified atom stereocenters. The van der Waals surface area contributed by atoms with Crippen LogP contribution in [-0.2, 0) is 9.59 Å². The lowest BCUT2D eigenvalue weighted by molar-refractivity contribution is -0.142. The molecule has 102 valence electrons. The standard InChI is InChI=1S/C14H23NO3/c1-10-5-3-2-4-8-15(10)13(16)11-6-7-12(9-11)14(17)18/h10-12H,2-9H2,1H3,(H,17,18)/t10?,11-,12+/m1/s1. The molecule has 18 heavy (non-hydrogen) atoms. The van der Waals surface area contributed by atoms with Gasteiger partial charge >= 0.3 is 5.97 Å². The zero-order chi connectivity index (χ0) is 13.1. The predicted octanol–water partition coefficient (Wildman–Crippen LogP) is 2.28. The van der Waals surface area contributed by atoms with E-state index in [2.05, 4.69) is 6.92 Å². The second-order valence-electron chi connectivity index (χ2n) is 5.78. The highest BCUT2D eigenvalue weighted by atomic mass is 16.4. The number of carboxylic acids is 1. The van der Waals surface area contributed by atoms with Crippen LogP contribution >= 0.6 is 0 Å². The number of hydrogen-bond acceptors (Lipinski definition) is 2. The molecule has 4 heteroatoms. The van der Waals surface area contributed by atoms with Gasteiger partial charge in [0.25, 0.3) is 0 Å². The third kappa shape index (κ3) is 2.85. The van der Waals surface area contributed by atoms with Crippen molar-refractivity contribution in [2.45, 2.75) is 57.9 Å². The summed E-state index contributed by atoms with van der Waals surface area (Å²) in [6, 6.07) is 0.323. The van der Waals surface area contributed by atoms with Crippen LogP contribution in [0.2, 0.25) is 0 Å². The first-order valence-corrected chi connectivity index (χ1v) is 7.13. The minimum atomic E-state index is -0.741. The van der Waals surface area contributed by atoms with Crippen LogP contribution in [0.25, 0.3) is 0 Å². The largest absolute Gasteiger partial charge is 0.481 e. The molecule has 2 fully saturated rings. The molecule has 1 saturated heterocycles. The second kappa shape index (κ2) is 5.72. The number of rotatable bonds is 2. The smallest absolute Gasteiger partial charge is 0.306 e. The fraction of sp³-hybridized carbons (Fsp3) is 0.857. The average Bonchev–Trinajstić information content (AvgIpc) is 2.73. The van der Waals surface area contributed by atoms with Crippen LogP contribution in [0.3, 0.4) is 0 Å². The number of nitrogens with zero attached hydrogens (tertiary/aromatic N) is 1. The van der Waals surface area contributed by atoms with Crippen molar-refractivity contribution in [1.82, 2.24) is 4.90 Å². The summed E-state index contributed by atoms with van der Waals surface area (Å²) < 4.78 is 0. The molecular weight excluding hydrogens is 230 g/mol. The van der Waals surface area contributed by atoms with Gasteiger partial charge in [-0.25, -0.2) is 0 Å². The van der Waals surface area contributed by atoms with E-state index in [1.807, 2.05) is 4.90 Å². The van der Waals surface area contributed by atoms with Gasteiger partial charge in [-0.15, -0.1) is 0 Å². The molecule has 1 saturated carbocycles. The topological polar surface area (TPSA) is 57.6 Å². The Labute approximate surface area is 108 Å². The van der Waals surface area contributed by atoms with Crippen LogP contribution in [0.4, 0.5) is 0 Å². The lowest BCUT2D eigenvalue weighted by atomic mass is 10.0. The molecule has 1 N–H and O–H groups in total. The van der Waals surface area contributed by atoms with E-state index < -0.39 is 5.97 Å². The van der Waals surface area contributed by atoms with Crippen molar-refractivity contribution in [2.24, 2.45) is 11.8 Å². The molecular formula is C14H23NO3. The summed E-state index contributed by atoms with van der Waals surface area (Å²) in [6.45, 7) is 2.97. The van der Waals surface area contributed by atoms with Crippen LogP contribution in [0.5, 0.6) is 0 Å². The number of likely N-dealkylation sites (tertiary alicyclic amines) is 1. The number of carboxylic acid groups (broad SMARTS) is 1. The maximum Gasteiger partial charge on any atom is 0.306 e. The van der Waals surface area contributed by atoms with E-state index in [4.69, 9.17) is 5.11 Å². The molecule has 1 aliphatic carbocycles. The van der Waals surface area contributed by atoms with Gasteiger partial charge in [0.15, 0.2) is 0 Å². The third-order valence-electron chi connectivity index (χ3n) is 4.47. The highest BCUT2D eigenvalue weighted by Gasteiger charge is 2.37. The summed E-state index contributed by atoms with van der Waals surface area (Å²) in [7, 11) is 0. The SMILES string of the molecule is CC1CCCCCN1C(=O)[C@@H]1CC[C@H](C(=O)O)C1. The molecule has 4 nitrogen and oxygen atoms in total. The molecule has 1 heterocycles. The Bertz CT molecular complexity index is 329. The fourth-order valence-electron chi connectivity index (χ4n) is 3.27. The van der Waals surface area contributed by atoms with E-state index in [1.165, 1.54) is 12.8 Å². The summed E-state index contributed by atoms with van der Waals surface area (Å²) >= 11 is 0. The van der Waals surface area contributed by atoms with E-state index in [1.54, 1.807) is 0 Å². The molecule has 0 aromatic heterocycles. The van der Waals surface area contributed by atoms with Crippen molar-refractivity contribution in [3.05, 3.63) is 0 Å². The minimum absolute atomic E-state index is 0.0494. The molecule has 0 spiro atoms. The number of carbonyl (C=O) groups excluding carboxylic acids is 1. The number of aliphatic carboxylic acids is 1. The Hall–Kier alpha value is -1.06. The van der Waals surface area contributed by atoms with Crippen LogP contribution in [0.15, 0.2) is 0 Å². The molecule has 0 radical (unpaired) electrons. The molecule has 0 aromatic rings. The van der Waals surface area contributed by atoms with E-state index in [-0.39, 0.29) is 17.7 Å². The first-order valence-electron chi connectivity index (χ1n) is 7.13. The van der Waals surface area contributed by atoms with E-state index in [0.717, 1.165) is 25.8 Å². The van der Waals surface area contributed by atoms with Crippen molar-refractivity contribution >= 4 is 11.9 Å². The average molecular weight is 253 g/mol. The van der Waals surface area contributed by atoms with Gasteiger partial charge in [0.2, 0.25) is 5.91 Å². The molecule has 2 rings (SSSR count). The van der Waals surface area contributed by atoms with Gasteiger partial charge in [-0.1, -0.05) is 12.8 Å². The Morgan fingerprint density at radius 3 is 2.44 bits per heavy atom. The molecule has 2 aliphatic rings. The van der Waals surface area contributed by atoms with Crippen LogP contribution < -0.4 is 0 Å². The van der Waals surface area contributed by atoms with E-state index in [9.17, 15) is 9.59 Å². The van der Waals surface area contributed by atoms with Crippen LogP contribution in [0, 0.1) is 11.8 Å². The normalized spacial score (nSPS) is 33.2. The predicted molar refractivity (Wildman–Crippen MR) is 68.1 cm³/mol. The first kappa shape index (κ1) is 13.4. The van der Waals surface area contributed by atoms with Crippen molar-refractivity contribution < 1.29 is 14.7 Å². The quantitative estimate of drug-likeness (QED) is 0.821. The van der Waals surface area contributed by atoms with Gasteiger partial charge in [-0.3, -0.25) is 9.59 Å². The monoisotopic (exact) mass is 253 g/mol. The molecule has 0 aromatic carbocycles. The highest BCUT2D eigenvalue weighted by Crippen LogP contribution is 2.33. The Morgan fingerprint density at radius 1 is 1.06 bits per heavy atom. The third-order valence-corrected chi connectivity index (χ3v) is 4.47. The summed E-state index contributed by atoms with van der Waals surface area (Å²) in [4.78, 5) is 25.4. The number of carbonyl (C=O) groups is 2. The van der Waals surface area contributed by atoms with Crippen LogP contribution in [0.1, 0.15) is 51.9 Å². The van der Waals surface area contributed by atoms with Gasteiger partial charge in [0, 0.05) is 18.5 Å². The summed E-state index contributed by atoms with van der Waals surface area (Å²) in [5, 5.41) is 9.00. The number of amides is 1. The van der Waals surface area contributed by atoms with E-state index >= 15 is 0 Å². The lowest BCUT2D eigenvalue weighted by Crippen LogP contribution is -2.41. The molecule has 1 amide bonds. The summed E-state index contributed by atoms with van der Waals surface area (Å²) in [5.41, 5.74) is 0. The van der Waals surface area contributed by atoms with Gasteiger partial charge < -0.3 is 10.0 Å². The van der Waals surface area contributed by atoms with Gasteiger partial charge in [0.05, 0.1) is 5.92 Å². The second-order valence-corrected chi connectivity index (χ2v) is 5.78. The fourth-order valence-corrected chi connectivity index (χ4v) is 3.27. The van der Waals surface area contributed by atoms with Crippen molar-refractivity contribution in [2.75, 3.05) is 6.54 Å². The lowest BCUT2D eigenvalue weighted by Gasteiger charge is -2.29. The zero-order valence-electron chi connectivity index (χ0n) is 11.1. The summed E-state index contributed by atoms with van der Waals surface area (Å²) in [5.74, 6) is -0.893. The van der Waals surface area contributed by atoms with Gasteiger partial charge in [0.1, 0.15) is 0 Å². The van der Waals surface area contributed by atoms with Crippen molar-refractivity contribution in [3.8, 4) is 0 Å². The minimum Gasteiger partial charge on any atom is -0.481 e. The Kier molecular flexibility index (Phi) is 4.25. The molecule has 0 bridgehead atoms. The highest BCUT2D eigenvalue weighted by molar-refractivity contribution is 5.81. The van der Waals surface area contributed by atoms with Gasteiger partial charge in [-0.05, 0) is 39.0 Å².